The van der Waals surface area contributed by atoms with Gasteiger partial charge in [0.25, 0.3) is 0 Å². The first-order valence-corrected chi connectivity index (χ1v) is 41.6. The third-order valence-electron chi connectivity index (χ3n) is 18.2. The number of ketones is 8. The van der Waals surface area contributed by atoms with E-state index in [1.165, 1.54) is 0 Å². The average Bonchev–Trinajstić information content (AvgIpc) is 0.891. The van der Waals surface area contributed by atoms with Crippen LogP contribution in [0, 0.1) is 43.1 Å². The summed E-state index contributed by atoms with van der Waals surface area (Å²) in [4.78, 5) is 120. The predicted molar refractivity (Wildman–Crippen MR) is 516 cm³/mol. The SMILES string of the molecule is N#[N+]c1ccc(C(=O)c2ccccc2)cc1.N#[N+]c1ccc(C(=O)c2ccccc2)cc1.N#[N+]c1ccc(C(=O)c2ccccc2)cc1.N#[N+]c1ccc(C(=O)c2ccccc2)cc1.N#[N+]c1ccc(C(=O)c2ccccc2)cc1.N#[N+]c1ccc(C(=O)c2ccccc2)cc1.N#[N+]c1ccc(C(=O)c2ccccc2)cc1.N#[N+]c1ccc(C(=O)c2ccccc2)cc1.[O-]B([O-])F.[O-]B([O-])F.[O-]B([O-])F.[O-]B([O-])F. The number of hydrogen-bond acceptors (Lipinski definition) is 24. The van der Waals surface area contributed by atoms with Gasteiger partial charge in [-0.3, -0.25) is 38.4 Å². The van der Waals surface area contributed by atoms with Crippen LogP contribution in [-0.2, 0) is 0 Å². The van der Waals surface area contributed by atoms with Gasteiger partial charge in [0.2, 0.25) is 43.1 Å². The Morgan fingerprint density at radius 1 is 0.139 bits per heavy atom. The Balaban J connectivity index is 0.000000283. The molecule has 0 amide bonds. The van der Waals surface area contributed by atoms with E-state index in [-0.39, 0.29) is 46.3 Å². The molecular formula is C104H72B4F4N16O16. The number of halogens is 4. The van der Waals surface area contributed by atoms with Crippen molar-refractivity contribution in [2.24, 2.45) is 0 Å². The van der Waals surface area contributed by atoms with Gasteiger partial charge in [-0.05, 0) is 97.1 Å². The highest BCUT2D eigenvalue weighted by Crippen LogP contribution is 2.24. The van der Waals surface area contributed by atoms with E-state index in [2.05, 4.69) is 39.8 Å². The van der Waals surface area contributed by atoms with Crippen LogP contribution in [0.2, 0.25) is 0 Å². The number of benzene rings is 16. The van der Waals surface area contributed by atoms with E-state index in [0.29, 0.717) is 135 Å². The quantitative estimate of drug-likeness (QED) is 0.0375. The highest BCUT2D eigenvalue weighted by Gasteiger charge is 2.19. The van der Waals surface area contributed by atoms with Gasteiger partial charge in [0.05, 0.1) is 0 Å². The monoisotopic (exact) mass is 1920 g/mol. The molecule has 0 fully saturated rings. The van der Waals surface area contributed by atoms with Crippen molar-refractivity contribution >= 4 is 121 Å². The molecule has 0 aromatic heterocycles. The van der Waals surface area contributed by atoms with Crippen molar-refractivity contribution in [1.82, 2.24) is 0 Å². The fourth-order valence-corrected chi connectivity index (χ4v) is 11.5. The molecule has 0 aliphatic rings. The van der Waals surface area contributed by atoms with Gasteiger partial charge < -0.3 is 57.5 Å². The van der Waals surface area contributed by atoms with Crippen LogP contribution in [0.25, 0.3) is 39.8 Å². The van der Waals surface area contributed by atoms with E-state index >= 15 is 0 Å². The molecular weight excluding hydrogens is 1850 g/mol. The minimum atomic E-state index is -3.17. The van der Waals surface area contributed by atoms with Gasteiger partial charge in [-0.25, -0.2) is 0 Å². The van der Waals surface area contributed by atoms with Crippen LogP contribution in [0.3, 0.4) is 0 Å². The van der Waals surface area contributed by atoms with Crippen molar-refractivity contribution in [3.05, 3.63) is 566 Å². The molecule has 704 valence electrons. The molecule has 144 heavy (non-hydrogen) atoms. The van der Waals surface area contributed by atoms with Crippen LogP contribution in [-0.4, -0.2) is 75.8 Å². The molecule has 0 radical (unpaired) electrons. The number of diazo groups is 8. The Hall–Kier alpha value is -20.1. The molecule has 0 saturated heterocycles. The fourth-order valence-electron chi connectivity index (χ4n) is 11.5. The Kier molecular flexibility index (Phi) is 51.5. The summed E-state index contributed by atoms with van der Waals surface area (Å²) in [5, 5.41) is 135. The Morgan fingerprint density at radius 2 is 0.201 bits per heavy atom. The maximum absolute atomic E-state index is 12.0. The Labute approximate surface area is 821 Å². The second kappa shape index (κ2) is 64.8. The van der Waals surface area contributed by atoms with Gasteiger partial charge in [-0.2, -0.15) is 0 Å². The van der Waals surface area contributed by atoms with Crippen LogP contribution in [0.5, 0.6) is 0 Å². The van der Waals surface area contributed by atoms with Gasteiger partial charge in [0, 0.05) is 186 Å². The molecule has 0 spiro atoms. The van der Waals surface area contributed by atoms with E-state index in [4.69, 9.17) is 83.3 Å². The molecule has 0 atom stereocenters. The predicted octanol–water partition coefficient (Wildman–Crippen LogP) is 17.9. The normalized spacial score (nSPS) is 9.14. The van der Waals surface area contributed by atoms with Crippen molar-refractivity contribution in [3.63, 3.8) is 0 Å². The van der Waals surface area contributed by atoms with Gasteiger partial charge in [0.1, 0.15) is 29.6 Å². The fraction of sp³-hybridized carbons (Fsp3) is 0. The highest BCUT2D eigenvalue weighted by molar-refractivity contribution is 6.28. The zero-order valence-corrected chi connectivity index (χ0v) is 75.1. The summed E-state index contributed by atoms with van der Waals surface area (Å²) in [6.07, 6.45) is 0. The summed E-state index contributed by atoms with van der Waals surface area (Å²) >= 11 is 0. The summed E-state index contributed by atoms with van der Waals surface area (Å²) in [6, 6.07) is 124. The number of carbonyl (C=O) groups is 8. The van der Waals surface area contributed by atoms with Crippen molar-refractivity contribution in [2.45, 2.75) is 0 Å². The van der Waals surface area contributed by atoms with Crippen molar-refractivity contribution in [3.8, 4) is 0 Å². The minimum absolute atomic E-state index is 0.0370. The van der Waals surface area contributed by atoms with Gasteiger partial charge in [-0.15, -0.1) is 0 Å². The molecule has 0 aliphatic carbocycles. The van der Waals surface area contributed by atoms with E-state index in [1.807, 2.05) is 146 Å². The highest BCUT2D eigenvalue weighted by atomic mass is 19.1. The van der Waals surface area contributed by atoms with Crippen molar-refractivity contribution in [1.29, 1.82) is 43.1 Å². The molecule has 32 nitrogen and oxygen atoms in total. The van der Waals surface area contributed by atoms with E-state index in [9.17, 15) is 55.6 Å². The first kappa shape index (κ1) is 114. The molecule has 16 aromatic carbocycles. The maximum atomic E-state index is 12.0. The van der Waals surface area contributed by atoms with Crippen LogP contribution >= 0.6 is 0 Å². The Morgan fingerprint density at radius 3 is 0.264 bits per heavy atom. The second-order valence-electron chi connectivity index (χ2n) is 27.8. The third-order valence-corrected chi connectivity index (χ3v) is 18.2. The maximum Gasteiger partial charge on any atom is 0.385 e. The van der Waals surface area contributed by atoms with Gasteiger partial charge in [0.15, 0.2) is 86.1 Å². The lowest BCUT2D eigenvalue weighted by Gasteiger charge is -2.09. The van der Waals surface area contributed by atoms with Crippen LogP contribution in [0.1, 0.15) is 127 Å². The second-order valence-corrected chi connectivity index (χ2v) is 27.8. The van der Waals surface area contributed by atoms with Gasteiger partial charge >= 0.3 is 45.5 Å². The largest absolute Gasteiger partial charge is 0.867 e. The summed E-state index contributed by atoms with van der Waals surface area (Å²) in [5.74, 6) is -0.296. The van der Waals surface area contributed by atoms with Gasteiger partial charge in [-0.1, -0.05) is 243 Å². The number of carbonyl (C=O) groups excluding carboxylic acids is 8. The van der Waals surface area contributed by atoms with E-state index in [1.54, 1.807) is 291 Å². The molecule has 0 bridgehead atoms. The topological polar surface area (TPSA) is 546 Å². The molecule has 0 heterocycles. The summed E-state index contributed by atoms with van der Waals surface area (Å²) < 4.78 is 39.6. The number of rotatable bonds is 16. The standard InChI is InChI=1S/8C13H9N2O.4BFO2/c8*14-15-12-8-6-11(7-9-12)13(16)10-4-2-1-3-5-10;4*2-1(3)4/h8*1-9H;;;;/q8*+1;4*-2. The first-order valence-electron chi connectivity index (χ1n) is 41.6. The molecule has 0 N–H and O–H groups in total. The molecule has 16 rings (SSSR count). The van der Waals surface area contributed by atoms with Crippen LogP contribution < -0.4 is 40.2 Å². The van der Waals surface area contributed by atoms with E-state index < -0.39 is 29.6 Å². The van der Waals surface area contributed by atoms with Crippen LogP contribution in [0.15, 0.2) is 437 Å². The lowest BCUT2D eigenvalue weighted by atomic mass is 10.0. The number of hydrogen-bond donors (Lipinski definition) is 0. The molecule has 0 saturated carbocycles. The zero-order chi connectivity index (χ0) is 105. The molecule has 0 unspecified atom stereocenters. The zero-order valence-electron chi connectivity index (χ0n) is 75.1. The first-order chi connectivity index (χ1) is 69.4. The van der Waals surface area contributed by atoms with Crippen molar-refractivity contribution in [2.75, 3.05) is 0 Å². The smallest absolute Gasteiger partial charge is 0.385 e. The van der Waals surface area contributed by atoms with Crippen LogP contribution in [0.4, 0.5) is 62.8 Å². The average molecular weight is 1920 g/mol. The summed E-state index contributed by atoms with van der Waals surface area (Å²) in [5.41, 5.74) is 13.3. The van der Waals surface area contributed by atoms with Crippen molar-refractivity contribution < 1.29 is 95.8 Å². The van der Waals surface area contributed by atoms with E-state index in [0.717, 1.165) is 0 Å². The molecule has 16 aromatic rings. The lowest BCUT2D eigenvalue weighted by Crippen LogP contribution is -2.39. The Bertz CT molecular complexity index is 5850. The summed E-state index contributed by atoms with van der Waals surface area (Å²) in [6.45, 7) is 0. The third kappa shape index (κ3) is 42.9. The minimum Gasteiger partial charge on any atom is -0.867 e. The lowest BCUT2D eigenvalue weighted by molar-refractivity contribution is -0.368. The number of nitrogens with zero attached hydrogens (tertiary/aromatic N) is 16. The summed E-state index contributed by atoms with van der Waals surface area (Å²) in [7, 11) is -12.7. The molecule has 0 aliphatic heterocycles. The molecule has 40 heteroatoms.